The van der Waals surface area contributed by atoms with Gasteiger partial charge in [0.05, 0.1) is 22.5 Å². The summed E-state index contributed by atoms with van der Waals surface area (Å²) >= 11 is 8.77. The monoisotopic (exact) mass is 365 g/mol. The largest absolute Gasteiger partial charge is 0.417 e. The average Bonchev–Trinajstić information content (AvgIpc) is 2.33. The van der Waals surface area contributed by atoms with Gasteiger partial charge < -0.3 is 11.1 Å². The Kier molecular flexibility index (Phi) is 4.10. The van der Waals surface area contributed by atoms with Crippen molar-refractivity contribution in [2.24, 2.45) is 0 Å². The van der Waals surface area contributed by atoms with Gasteiger partial charge in [-0.1, -0.05) is 27.5 Å². The van der Waals surface area contributed by atoms with E-state index in [1.165, 1.54) is 24.4 Å². The van der Waals surface area contributed by atoms with Crippen LogP contribution in [-0.2, 0) is 6.18 Å². The average molecular weight is 367 g/mol. The fraction of sp³-hybridized carbons (Fsp3) is 0.0833. The molecule has 2 rings (SSSR count). The van der Waals surface area contributed by atoms with Crippen molar-refractivity contribution < 1.29 is 13.2 Å². The summed E-state index contributed by atoms with van der Waals surface area (Å²) in [5, 5.41) is 2.94. The van der Waals surface area contributed by atoms with E-state index in [1.54, 1.807) is 0 Å². The summed E-state index contributed by atoms with van der Waals surface area (Å²) in [7, 11) is 0. The Labute approximate surface area is 126 Å². The van der Waals surface area contributed by atoms with E-state index in [2.05, 4.69) is 26.2 Å². The molecule has 0 unspecified atom stereocenters. The van der Waals surface area contributed by atoms with Crippen molar-refractivity contribution in [2.45, 2.75) is 6.18 Å². The molecular weight excluding hydrogens is 359 g/mol. The van der Waals surface area contributed by atoms with Gasteiger partial charge in [-0.2, -0.15) is 13.2 Å². The van der Waals surface area contributed by atoms with Gasteiger partial charge in [-0.25, -0.2) is 4.98 Å². The fourth-order valence-corrected chi connectivity index (χ4v) is 2.20. The second-order valence-corrected chi connectivity index (χ2v) is 5.18. The first-order valence-corrected chi connectivity index (χ1v) is 6.49. The number of hydrogen-bond acceptors (Lipinski definition) is 3. The van der Waals surface area contributed by atoms with Gasteiger partial charge in [0, 0.05) is 10.2 Å². The van der Waals surface area contributed by atoms with Crippen LogP contribution in [0.15, 0.2) is 34.9 Å². The van der Waals surface area contributed by atoms with Crippen molar-refractivity contribution in [3.05, 3.63) is 45.5 Å². The van der Waals surface area contributed by atoms with Gasteiger partial charge in [-0.15, -0.1) is 0 Å². The highest BCUT2D eigenvalue weighted by Crippen LogP contribution is 2.37. The maximum Gasteiger partial charge on any atom is 0.417 e. The number of rotatable bonds is 2. The molecule has 2 aromatic rings. The van der Waals surface area contributed by atoms with Gasteiger partial charge in [-0.05, 0) is 24.3 Å². The number of hydrogen-bond donors (Lipinski definition) is 2. The van der Waals surface area contributed by atoms with Crippen molar-refractivity contribution in [3.8, 4) is 0 Å². The zero-order chi connectivity index (χ0) is 14.9. The summed E-state index contributed by atoms with van der Waals surface area (Å²) < 4.78 is 38.3. The summed E-state index contributed by atoms with van der Waals surface area (Å²) in [4.78, 5) is 3.93. The highest BCUT2D eigenvalue weighted by atomic mass is 79.9. The molecule has 0 aliphatic rings. The molecule has 0 saturated heterocycles. The molecule has 1 aromatic carbocycles. The van der Waals surface area contributed by atoms with E-state index < -0.39 is 11.7 Å². The Morgan fingerprint density at radius 2 is 1.95 bits per heavy atom. The number of nitrogens with two attached hydrogens (primary N) is 1. The second kappa shape index (κ2) is 5.49. The van der Waals surface area contributed by atoms with E-state index in [1.807, 2.05) is 0 Å². The number of alkyl halides is 3. The second-order valence-electron chi connectivity index (χ2n) is 3.92. The molecule has 0 spiro atoms. The molecule has 20 heavy (non-hydrogen) atoms. The number of pyridine rings is 1. The number of aromatic nitrogens is 1. The molecule has 0 aliphatic carbocycles. The minimum absolute atomic E-state index is 0.0353. The number of nitrogens with one attached hydrogen (secondary N) is 1. The normalized spacial score (nSPS) is 11.4. The maximum atomic E-state index is 12.8. The van der Waals surface area contributed by atoms with E-state index in [0.29, 0.717) is 5.69 Å². The third kappa shape index (κ3) is 3.34. The highest BCUT2D eigenvalue weighted by molar-refractivity contribution is 9.10. The Balaban J connectivity index is 2.35. The fourth-order valence-electron chi connectivity index (χ4n) is 1.50. The van der Waals surface area contributed by atoms with E-state index >= 15 is 0 Å². The van der Waals surface area contributed by atoms with Crippen LogP contribution in [0.3, 0.4) is 0 Å². The molecule has 0 fully saturated rings. The van der Waals surface area contributed by atoms with Gasteiger partial charge >= 0.3 is 6.18 Å². The lowest BCUT2D eigenvalue weighted by Crippen LogP contribution is -2.07. The number of nitrogen functional groups attached to an aromatic ring is 1. The summed E-state index contributed by atoms with van der Waals surface area (Å²) in [6, 6.07) is 5.21. The lowest BCUT2D eigenvalue weighted by molar-refractivity contribution is -0.138. The van der Waals surface area contributed by atoms with Crippen molar-refractivity contribution >= 4 is 44.7 Å². The maximum absolute atomic E-state index is 12.8. The third-order valence-corrected chi connectivity index (χ3v) is 3.38. The van der Waals surface area contributed by atoms with Crippen LogP contribution in [0.1, 0.15) is 5.56 Å². The molecular formula is C12H8BrClF3N3. The van der Waals surface area contributed by atoms with Crippen LogP contribution in [0.5, 0.6) is 0 Å². The lowest BCUT2D eigenvalue weighted by atomic mass is 10.2. The number of nitrogens with zero attached hydrogens (tertiary/aromatic N) is 1. The predicted molar refractivity (Wildman–Crippen MR) is 76.1 cm³/mol. The highest BCUT2D eigenvalue weighted by Gasteiger charge is 2.33. The zero-order valence-corrected chi connectivity index (χ0v) is 12.1. The van der Waals surface area contributed by atoms with Gasteiger partial charge in [0.25, 0.3) is 0 Å². The van der Waals surface area contributed by atoms with Crippen molar-refractivity contribution in [2.75, 3.05) is 11.1 Å². The Morgan fingerprint density at radius 1 is 1.25 bits per heavy atom. The third-order valence-electron chi connectivity index (χ3n) is 2.40. The Hall–Kier alpha value is -1.47. The lowest BCUT2D eigenvalue weighted by Gasteiger charge is -2.13. The van der Waals surface area contributed by atoms with Gasteiger partial charge in [0.2, 0.25) is 0 Å². The van der Waals surface area contributed by atoms with Crippen LogP contribution in [-0.4, -0.2) is 4.98 Å². The van der Waals surface area contributed by atoms with Crippen molar-refractivity contribution in [1.29, 1.82) is 0 Å². The predicted octanol–water partition coefficient (Wildman–Crippen LogP) is 4.84. The van der Waals surface area contributed by atoms with Crippen molar-refractivity contribution in [3.63, 3.8) is 0 Å². The number of benzene rings is 1. The van der Waals surface area contributed by atoms with Crippen LogP contribution in [0, 0.1) is 0 Å². The summed E-state index contributed by atoms with van der Waals surface area (Å²) in [5.74, 6) is 0.233. The molecule has 0 bridgehead atoms. The van der Waals surface area contributed by atoms with Crippen LogP contribution in [0.4, 0.5) is 30.4 Å². The molecule has 0 saturated carbocycles. The molecule has 0 amide bonds. The van der Waals surface area contributed by atoms with Crippen molar-refractivity contribution in [1.82, 2.24) is 4.98 Å². The number of halogens is 5. The van der Waals surface area contributed by atoms with Crippen LogP contribution >= 0.6 is 27.5 Å². The van der Waals surface area contributed by atoms with E-state index in [-0.39, 0.29) is 21.0 Å². The molecule has 8 heteroatoms. The van der Waals surface area contributed by atoms with Crippen LogP contribution in [0.25, 0.3) is 0 Å². The van der Waals surface area contributed by atoms with E-state index in [9.17, 15) is 13.2 Å². The first-order chi connectivity index (χ1) is 9.27. The molecule has 3 nitrogen and oxygen atoms in total. The van der Waals surface area contributed by atoms with Crippen LogP contribution in [0.2, 0.25) is 5.02 Å². The standard InChI is InChI=1S/C12H8BrClF3N3/c13-9-2-1-7(4-8(9)12(15,16)17)20-11-10(14)3-6(18)5-19-11/h1-5H,18H2,(H,19,20). The quantitative estimate of drug-likeness (QED) is 0.799. The topological polar surface area (TPSA) is 50.9 Å². The molecule has 106 valence electrons. The van der Waals surface area contributed by atoms with Gasteiger partial charge in [0.1, 0.15) is 5.82 Å². The number of anilines is 3. The Bertz CT molecular complexity index is 646. The molecule has 0 aliphatic heterocycles. The molecule has 1 aromatic heterocycles. The minimum Gasteiger partial charge on any atom is -0.397 e. The molecule has 1 heterocycles. The first-order valence-electron chi connectivity index (χ1n) is 5.32. The SMILES string of the molecule is Nc1cnc(Nc2ccc(Br)c(C(F)(F)F)c2)c(Cl)c1. The molecule has 3 N–H and O–H groups in total. The van der Waals surface area contributed by atoms with E-state index in [0.717, 1.165) is 6.07 Å². The zero-order valence-electron chi connectivity index (χ0n) is 9.80. The first kappa shape index (κ1) is 14.9. The molecule has 0 radical (unpaired) electrons. The molecule has 0 atom stereocenters. The van der Waals surface area contributed by atoms with Gasteiger partial charge in [-0.3, -0.25) is 0 Å². The Morgan fingerprint density at radius 3 is 2.55 bits per heavy atom. The van der Waals surface area contributed by atoms with Crippen LogP contribution < -0.4 is 11.1 Å². The van der Waals surface area contributed by atoms with E-state index in [4.69, 9.17) is 17.3 Å². The van der Waals surface area contributed by atoms with Gasteiger partial charge in [0.15, 0.2) is 0 Å². The summed E-state index contributed by atoms with van der Waals surface area (Å²) in [5.41, 5.74) is 5.30. The summed E-state index contributed by atoms with van der Waals surface area (Å²) in [6.45, 7) is 0. The summed E-state index contributed by atoms with van der Waals surface area (Å²) in [6.07, 6.45) is -3.09. The smallest absolute Gasteiger partial charge is 0.397 e. The minimum atomic E-state index is -4.45.